The van der Waals surface area contributed by atoms with Gasteiger partial charge in [0.25, 0.3) is 5.69 Å². The molecule has 3 N–H and O–H groups in total. The summed E-state index contributed by atoms with van der Waals surface area (Å²) in [5.74, 6) is -0.0508. The highest BCUT2D eigenvalue weighted by molar-refractivity contribution is 5.84. The first-order valence-electron chi connectivity index (χ1n) is 6.81. The van der Waals surface area contributed by atoms with Crippen molar-refractivity contribution < 1.29 is 14.5 Å². The molecule has 0 aliphatic rings. The maximum Gasteiger partial charge on any atom is 0.273 e. The van der Waals surface area contributed by atoms with Crippen molar-refractivity contribution in [3.63, 3.8) is 0 Å². The van der Waals surface area contributed by atoms with Gasteiger partial charge in [0.15, 0.2) is 0 Å². The van der Waals surface area contributed by atoms with E-state index in [9.17, 15) is 14.9 Å². The lowest BCUT2D eigenvalue weighted by Gasteiger charge is -2.27. The Hall–Kier alpha value is -2.15. The molecule has 7 nitrogen and oxygen atoms in total. The fourth-order valence-electron chi connectivity index (χ4n) is 1.76. The SMILES string of the molecule is CCCNC(C)(CCOc1cccc([N+](=O)[O-])c1)C(N)=O. The van der Waals surface area contributed by atoms with Gasteiger partial charge in [-0.05, 0) is 26.0 Å². The molecule has 1 atom stereocenters. The molecule has 0 spiro atoms. The van der Waals surface area contributed by atoms with Gasteiger partial charge >= 0.3 is 0 Å². The number of carbonyl (C=O) groups is 1. The molecule has 0 aliphatic heterocycles. The molecule has 0 bridgehead atoms. The molecular formula is C14H21N3O4. The molecule has 1 amide bonds. The molecule has 116 valence electrons. The Bertz CT molecular complexity index is 507. The van der Waals surface area contributed by atoms with E-state index < -0.39 is 16.4 Å². The average molecular weight is 295 g/mol. The van der Waals surface area contributed by atoms with Gasteiger partial charge in [-0.25, -0.2) is 0 Å². The number of rotatable bonds is 9. The number of nitrogens with one attached hydrogen (secondary N) is 1. The number of primary amides is 1. The summed E-state index contributed by atoms with van der Waals surface area (Å²) in [7, 11) is 0. The Labute approximate surface area is 123 Å². The minimum Gasteiger partial charge on any atom is -0.493 e. The molecular weight excluding hydrogens is 274 g/mol. The third-order valence-electron chi connectivity index (χ3n) is 3.21. The summed E-state index contributed by atoms with van der Waals surface area (Å²) < 4.78 is 5.47. The van der Waals surface area contributed by atoms with Crippen molar-refractivity contribution in [2.75, 3.05) is 13.2 Å². The van der Waals surface area contributed by atoms with E-state index in [1.54, 1.807) is 19.1 Å². The van der Waals surface area contributed by atoms with Crippen LogP contribution in [-0.2, 0) is 4.79 Å². The van der Waals surface area contributed by atoms with Crippen molar-refractivity contribution in [2.45, 2.75) is 32.2 Å². The van der Waals surface area contributed by atoms with E-state index in [1.165, 1.54) is 12.1 Å². The summed E-state index contributed by atoms with van der Waals surface area (Å²) in [6, 6.07) is 5.93. The number of nitro benzene ring substituents is 1. The van der Waals surface area contributed by atoms with Gasteiger partial charge in [0.1, 0.15) is 5.75 Å². The monoisotopic (exact) mass is 295 g/mol. The molecule has 0 heterocycles. The molecule has 7 heteroatoms. The number of hydrogen-bond acceptors (Lipinski definition) is 5. The summed E-state index contributed by atoms with van der Waals surface area (Å²) in [5.41, 5.74) is 4.53. The normalized spacial score (nSPS) is 13.4. The smallest absolute Gasteiger partial charge is 0.273 e. The van der Waals surface area contributed by atoms with Crippen LogP contribution in [0.3, 0.4) is 0 Å². The summed E-state index contributed by atoms with van der Waals surface area (Å²) >= 11 is 0. The Kier molecular flexibility index (Phi) is 6.10. The van der Waals surface area contributed by atoms with Gasteiger partial charge in [0.05, 0.1) is 23.1 Å². The lowest BCUT2D eigenvalue weighted by atomic mass is 9.97. The Morgan fingerprint density at radius 1 is 1.52 bits per heavy atom. The number of ether oxygens (including phenoxy) is 1. The second-order valence-corrected chi connectivity index (χ2v) is 4.98. The van der Waals surface area contributed by atoms with E-state index in [4.69, 9.17) is 10.5 Å². The molecule has 0 saturated heterocycles. The molecule has 0 aromatic heterocycles. The number of nitro groups is 1. The van der Waals surface area contributed by atoms with Crippen molar-refractivity contribution in [3.8, 4) is 5.75 Å². The number of nitrogens with zero attached hydrogens (tertiary/aromatic N) is 1. The van der Waals surface area contributed by atoms with E-state index in [1.807, 2.05) is 6.92 Å². The van der Waals surface area contributed by atoms with E-state index in [0.29, 0.717) is 18.7 Å². The molecule has 21 heavy (non-hydrogen) atoms. The molecule has 1 aromatic rings. The van der Waals surface area contributed by atoms with Crippen molar-refractivity contribution in [2.24, 2.45) is 5.73 Å². The zero-order valence-electron chi connectivity index (χ0n) is 12.3. The highest BCUT2D eigenvalue weighted by Crippen LogP contribution is 2.20. The molecule has 1 unspecified atom stereocenters. The third-order valence-corrected chi connectivity index (χ3v) is 3.21. The highest BCUT2D eigenvalue weighted by Gasteiger charge is 2.29. The first-order chi connectivity index (χ1) is 9.89. The zero-order valence-corrected chi connectivity index (χ0v) is 12.3. The summed E-state index contributed by atoms with van der Waals surface area (Å²) in [4.78, 5) is 21.7. The molecule has 0 radical (unpaired) electrons. The summed E-state index contributed by atoms with van der Waals surface area (Å²) in [5, 5.41) is 13.8. The second kappa shape index (κ2) is 7.58. The first kappa shape index (κ1) is 16.9. The Morgan fingerprint density at radius 3 is 2.81 bits per heavy atom. The predicted molar refractivity (Wildman–Crippen MR) is 79.1 cm³/mol. The van der Waals surface area contributed by atoms with Crippen LogP contribution in [0.25, 0.3) is 0 Å². The number of carbonyl (C=O) groups excluding carboxylic acids is 1. The van der Waals surface area contributed by atoms with Gasteiger partial charge < -0.3 is 15.8 Å². The number of benzene rings is 1. The molecule has 1 rings (SSSR count). The summed E-state index contributed by atoms with van der Waals surface area (Å²) in [6.07, 6.45) is 1.26. The highest BCUT2D eigenvalue weighted by atomic mass is 16.6. The van der Waals surface area contributed by atoms with E-state index >= 15 is 0 Å². The maximum atomic E-state index is 11.5. The minimum atomic E-state index is -0.850. The maximum absolute atomic E-state index is 11.5. The number of amides is 1. The second-order valence-electron chi connectivity index (χ2n) is 4.98. The van der Waals surface area contributed by atoms with Gasteiger partial charge in [0, 0.05) is 12.5 Å². The summed E-state index contributed by atoms with van der Waals surface area (Å²) in [6.45, 7) is 4.63. The third kappa shape index (κ3) is 5.03. The topological polar surface area (TPSA) is 107 Å². The van der Waals surface area contributed by atoms with Crippen molar-refractivity contribution in [3.05, 3.63) is 34.4 Å². The van der Waals surface area contributed by atoms with Gasteiger partial charge in [-0.3, -0.25) is 14.9 Å². The minimum absolute atomic E-state index is 0.0331. The standard InChI is InChI=1S/C14H21N3O4/c1-3-8-16-14(2,13(15)18)7-9-21-12-6-4-5-11(10-12)17(19)20/h4-6,10,16H,3,7-9H2,1-2H3,(H2,15,18). The van der Waals surface area contributed by atoms with Crippen LogP contribution in [0.2, 0.25) is 0 Å². The van der Waals surface area contributed by atoms with Crippen LogP contribution in [0.15, 0.2) is 24.3 Å². The van der Waals surface area contributed by atoms with Crippen LogP contribution in [-0.4, -0.2) is 29.5 Å². The largest absolute Gasteiger partial charge is 0.493 e. The Balaban J connectivity index is 2.60. The van der Waals surface area contributed by atoms with Crippen LogP contribution in [0.1, 0.15) is 26.7 Å². The lowest BCUT2D eigenvalue weighted by molar-refractivity contribution is -0.384. The van der Waals surface area contributed by atoms with E-state index in [0.717, 1.165) is 6.42 Å². The first-order valence-corrected chi connectivity index (χ1v) is 6.81. The quantitative estimate of drug-likeness (QED) is 0.531. The van der Waals surface area contributed by atoms with Gasteiger partial charge in [-0.15, -0.1) is 0 Å². The van der Waals surface area contributed by atoms with E-state index in [-0.39, 0.29) is 12.3 Å². The van der Waals surface area contributed by atoms with Crippen LogP contribution in [0.4, 0.5) is 5.69 Å². The fourth-order valence-corrected chi connectivity index (χ4v) is 1.76. The Morgan fingerprint density at radius 2 is 2.24 bits per heavy atom. The zero-order chi connectivity index (χ0) is 15.9. The number of non-ortho nitro benzene ring substituents is 1. The van der Waals surface area contributed by atoms with Crippen molar-refractivity contribution in [1.29, 1.82) is 0 Å². The number of hydrogen-bond donors (Lipinski definition) is 2. The van der Waals surface area contributed by atoms with Crippen LogP contribution < -0.4 is 15.8 Å². The lowest BCUT2D eigenvalue weighted by Crippen LogP contribution is -2.54. The molecule has 1 aromatic carbocycles. The van der Waals surface area contributed by atoms with E-state index in [2.05, 4.69) is 5.32 Å². The molecule has 0 aliphatic carbocycles. The molecule has 0 saturated carbocycles. The van der Waals surface area contributed by atoms with Gasteiger partial charge in [-0.1, -0.05) is 13.0 Å². The van der Waals surface area contributed by atoms with Gasteiger partial charge in [-0.2, -0.15) is 0 Å². The van der Waals surface area contributed by atoms with Gasteiger partial charge in [0.2, 0.25) is 5.91 Å². The van der Waals surface area contributed by atoms with Crippen LogP contribution >= 0.6 is 0 Å². The fraction of sp³-hybridized carbons (Fsp3) is 0.500. The average Bonchev–Trinajstić information content (AvgIpc) is 2.45. The van der Waals surface area contributed by atoms with Crippen LogP contribution in [0, 0.1) is 10.1 Å². The van der Waals surface area contributed by atoms with Crippen molar-refractivity contribution >= 4 is 11.6 Å². The van der Waals surface area contributed by atoms with Crippen molar-refractivity contribution in [1.82, 2.24) is 5.32 Å². The predicted octanol–water partition coefficient (Wildman–Crippen LogP) is 1.61. The molecule has 0 fully saturated rings. The van der Waals surface area contributed by atoms with Crippen LogP contribution in [0.5, 0.6) is 5.75 Å². The number of nitrogens with two attached hydrogens (primary N) is 1.